The van der Waals surface area contributed by atoms with E-state index < -0.39 is 9.84 Å². The number of benzene rings is 1. The highest BCUT2D eigenvalue weighted by molar-refractivity contribution is 7.91. The van der Waals surface area contributed by atoms with Gasteiger partial charge < -0.3 is 9.64 Å². The van der Waals surface area contributed by atoms with Crippen molar-refractivity contribution in [2.75, 3.05) is 18.1 Å². The van der Waals surface area contributed by atoms with E-state index >= 15 is 0 Å². The lowest BCUT2D eigenvalue weighted by atomic mass is 10.1. The Balaban J connectivity index is 1.88. The van der Waals surface area contributed by atoms with Gasteiger partial charge in [0.25, 0.3) is 5.91 Å². The molecule has 0 saturated carbocycles. The Labute approximate surface area is 136 Å². The minimum atomic E-state index is -3.03. The van der Waals surface area contributed by atoms with Crippen LogP contribution in [-0.2, 0) is 14.6 Å². The van der Waals surface area contributed by atoms with E-state index in [4.69, 9.17) is 4.74 Å². The number of amides is 1. The van der Waals surface area contributed by atoms with E-state index in [1.54, 1.807) is 17.1 Å². The predicted molar refractivity (Wildman–Crippen MR) is 88.6 cm³/mol. The van der Waals surface area contributed by atoms with Gasteiger partial charge in [-0.25, -0.2) is 8.42 Å². The number of sulfone groups is 1. The third-order valence-electron chi connectivity index (χ3n) is 4.17. The summed E-state index contributed by atoms with van der Waals surface area (Å²) in [7, 11) is -3.03. The van der Waals surface area contributed by atoms with Crippen LogP contribution in [-0.4, -0.2) is 43.3 Å². The van der Waals surface area contributed by atoms with Gasteiger partial charge in [-0.3, -0.25) is 4.79 Å². The van der Waals surface area contributed by atoms with Crippen LogP contribution in [0.2, 0.25) is 0 Å². The van der Waals surface area contributed by atoms with Gasteiger partial charge in [0.15, 0.2) is 9.84 Å². The van der Waals surface area contributed by atoms with Crippen LogP contribution in [0.3, 0.4) is 0 Å². The summed E-state index contributed by atoms with van der Waals surface area (Å²) in [6.07, 6.45) is 5.42. The molecular weight excluding hydrogens is 314 g/mol. The molecule has 3 rings (SSSR count). The molecule has 1 aromatic carbocycles. The molecule has 2 heterocycles. The maximum atomic E-state index is 12.8. The summed E-state index contributed by atoms with van der Waals surface area (Å²) in [5, 5.41) is 0. The highest BCUT2D eigenvalue weighted by Crippen LogP contribution is 2.26. The number of fused-ring (bicyclic) bond motifs is 1. The summed E-state index contributed by atoms with van der Waals surface area (Å²) in [5.74, 6) is 0.739. The largest absolute Gasteiger partial charge is 0.464 e. The van der Waals surface area contributed by atoms with Gasteiger partial charge in [-0.05, 0) is 31.6 Å². The van der Waals surface area contributed by atoms with E-state index in [2.05, 4.69) is 0 Å². The van der Waals surface area contributed by atoms with Gasteiger partial charge in [-0.2, -0.15) is 0 Å². The van der Waals surface area contributed by atoms with Crippen LogP contribution in [0, 0.1) is 0 Å². The number of nitrogens with zero attached hydrogens (tertiary/aromatic N) is 1. The zero-order valence-corrected chi connectivity index (χ0v) is 13.8. The molecule has 0 aliphatic carbocycles. The molecule has 0 N–H and O–H groups in total. The molecule has 2 aliphatic heterocycles. The second-order valence-electron chi connectivity index (χ2n) is 5.71. The fraction of sp³-hybridized carbons (Fsp3) is 0.353. The summed E-state index contributed by atoms with van der Waals surface area (Å²) >= 11 is 0. The fourth-order valence-electron chi connectivity index (χ4n) is 2.99. The molecule has 0 radical (unpaired) electrons. The third-order valence-corrected chi connectivity index (χ3v) is 5.92. The molecule has 1 amide bonds. The van der Waals surface area contributed by atoms with Crippen LogP contribution in [0.25, 0.3) is 6.08 Å². The van der Waals surface area contributed by atoms with Crippen molar-refractivity contribution in [1.29, 1.82) is 0 Å². The monoisotopic (exact) mass is 333 g/mol. The molecule has 5 nitrogen and oxygen atoms in total. The zero-order valence-electron chi connectivity index (χ0n) is 12.9. The lowest BCUT2D eigenvalue weighted by molar-refractivity contribution is -0.128. The van der Waals surface area contributed by atoms with Gasteiger partial charge in [-0.1, -0.05) is 18.2 Å². The number of likely N-dealkylation sites (N-methyl/N-ethyl adjacent to an activating group) is 1. The maximum absolute atomic E-state index is 12.8. The first kappa shape index (κ1) is 15.8. The third kappa shape index (κ3) is 3.32. The van der Waals surface area contributed by atoms with Gasteiger partial charge in [0.05, 0.1) is 17.8 Å². The van der Waals surface area contributed by atoms with E-state index in [9.17, 15) is 13.2 Å². The number of para-hydroxylation sites is 1. The van der Waals surface area contributed by atoms with Gasteiger partial charge in [0.2, 0.25) is 0 Å². The Bertz CT molecular complexity index is 780. The molecular formula is C17H19NO4S. The maximum Gasteiger partial charge on any atom is 0.254 e. The predicted octanol–water partition coefficient (Wildman–Crippen LogP) is 2.01. The number of hydrogen-bond acceptors (Lipinski definition) is 4. The molecule has 2 aliphatic rings. The lowest BCUT2D eigenvalue weighted by Gasteiger charge is -2.27. The number of carbonyl (C=O) groups excluding carboxylic acids is 1. The zero-order chi connectivity index (χ0) is 16.4. The van der Waals surface area contributed by atoms with E-state index in [0.717, 1.165) is 5.56 Å². The van der Waals surface area contributed by atoms with E-state index in [0.29, 0.717) is 24.3 Å². The molecule has 1 fully saturated rings. The Morgan fingerprint density at radius 1 is 1.35 bits per heavy atom. The Hall–Kier alpha value is -2.08. The molecule has 23 heavy (non-hydrogen) atoms. The number of hydrogen-bond donors (Lipinski definition) is 0. The van der Waals surface area contributed by atoms with E-state index in [-0.39, 0.29) is 23.5 Å². The van der Waals surface area contributed by atoms with Gasteiger partial charge >= 0.3 is 0 Å². The van der Waals surface area contributed by atoms with Crippen LogP contribution >= 0.6 is 0 Å². The average molecular weight is 333 g/mol. The number of rotatable bonds is 3. The first-order chi connectivity index (χ1) is 11.0. The van der Waals surface area contributed by atoms with Crippen molar-refractivity contribution in [3.63, 3.8) is 0 Å². The van der Waals surface area contributed by atoms with Gasteiger partial charge in [0.1, 0.15) is 5.75 Å². The number of ether oxygens (including phenoxy) is 1. The molecule has 122 valence electrons. The summed E-state index contributed by atoms with van der Waals surface area (Å²) < 4.78 is 28.9. The minimum Gasteiger partial charge on any atom is -0.464 e. The van der Waals surface area contributed by atoms with Gasteiger partial charge in [0, 0.05) is 23.7 Å². The molecule has 0 bridgehead atoms. The fourth-order valence-corrected chi connectivity index (χ4v) is 4.72. The summed E-state index contributed by atoms with van der Waals surface area (Å²) in [5.41, 5.74) is 1.33. The molecule has 6 heteroatoms. The molecule has 0 unspecified atom stereocenters. The van der Waals surface area contributed by atoms with Crippen molar-refractivity contribution in [1.82, 2.24) is 4.90 Å². The summed E-state index contributed by atoms with van der Waals surface area (Å²) in [6.45, 7) is 2.35. The Morgan fingerprint density at radius 3 is 2.83 bits per heavy atom. The highest BCUT2D eigenvalue weighted by Gasteiger charge is 2.34. The molecule has 0 aromatic heterocycles. The summed E-state index contributed by atoms with van der Waals surface area (Å²) in [6, 6.07) is 7.23. The average Bonchev–Trinajstić information content (AvgIpc) is 2.76. The Kier molecular flexibility index (Phi) is 4.26. The SMILES string of the molecule is CCN(C(=O)C1=Cc2ccccc2OC=C1)[C@@H]1CCS(=O)(=O)C1. The second kappa shape index (κ2) is 6.20. The van der Waals surface area contributed by atoms with Crippen molar-refractivity contribution in [3.8, 4) is 5.75 Å². The van der Waals surface area contributed by atoms with Crippen LogP contribution < -0.4 is 4.74 Å². The molecule has 1 atom stereocenters. The topological polar surface area (TPSA) is 63.7 Å². The van der Waals surface area contributed by atoms with Crippen LogP contribution in [0.15, 0.2) is 42.2 Å². The number of carbonyl (C=O) groups is 1. The minimum absolute atomic E-state index is 0.0522. The second-order valence-corrected chi connectivity index (χ2v) is 7.93. The van der Waals surface area contributed by atoms with Gasteiger partial charge in [-0.15, -0.1) is 0 Å². The first-order valence-electron chi connectivity index (χ1n) is 7.65. The van der Waals surface area contributed by atoms with Crippen LogP contribution in [0.1, 0.15) is 18.9 Å². The Morgan fingerprint density at radius 2 is 2.13 bits per heavy atom. The van der Waals surface area contributed by atoms with Crippen LogP contribution in [0.4, 0.5) is 0 Å². The molecule has 0 spiro atoms. The molecule has 1 aromatic rings. The van der Waals surface area contributed by atoms with Crippen molar-refractivity contribution >= 4 is 21.8 Å². The van der Waals surface area contributed by atoms with Crippen molar-refractivity contribution < 1.29 is 17.9 Å². The van der Waals surface area contributed by atoms with Crippen molar-refractivity contribution in [2.24, 2.45) is 0 Å². The van der Waals surface area contributed by atoms with E-state index in [1.807, 2.05) is 31.2 Å². The highest BCUT2D eigenvalue weighted by atomic mass is 32.2. The van der Waals surface area contributed by atoms with Crippen molar-refractivity contribution in [3.05, 3.63) is 47.7 Å². The van der Waals surface area contributed by atoms with Crippen molar-refractivity contribution in [2.45, 2.75) is 19.4 Å². The standard InChI is InChI=1S/C17H19NO4S/c1-2-18(15-8-10-23(20,21)12-15)17(19)14-7-9-22-16-6-4-3-5-13(16)11-14/h3-7,9,11,15H,2,8,10,12H2,1H3/t15-/m1/s1. The quantitative estimate of drug-likeness (QED) is 0.849. The van der Waals surface area contributed by atoms with Crippen LogP contribution in [0.5, 0.6) is 5.75 Å². The lowest BCUT2D eigenvalue weighted by Crippen LogP contribution is -2.41. The molecule has 1 saturated heterocycles. The smallest absolute Gasteiger partial charge is 0.254 e. The normalized spacial score (nSPS) is 21.8. The van der Waals surface area contributed by atoms with E-state index in [1.165, 1.54) is 6.26 Å². The first-order valence-corrected chi connectivity index (χ1v) is 9.47. The summed E-state index contributed by atoms with van der Waals surface area (Å²) in [4.78, 5) is 14.5.